The van der Waals surface area contributed by atoms with Gasteiger partial charge in [0.2, 0.25) is 0 Å². The Balaban J connectivity index is 4.32. The molecule has 0 radical (unpaired) electrons. The molecule has 0 fully saturated rings. The number of hydrogen-bond donors (Lipinski definition) is 0. The van der Waals surface area contributed by atoms with Crippen molar-refractivity contribution in [2.75, 3.05) is 6.61 Å². The zero-order chi connectivity index (χ0) is 17.6. The van der Waals surface area contributed by atoms with Crippen LogP contribution in [-0.2, 0) is 12.5 Å². The maximum absolute atomic E-state index is 12.1. The number of hydrogen-bond acceptors (Lipinski definition) is 4. The smallest absolute Gasteiger partial charge is 0.296 e. The Labute approximate surface area is 151 Å². The van der Waals surface area contributed by atoms with E-state index in [-0.39, 0.29) is 18.7 Å². The predicted molar refractivity (Wildman–Crippen MR) is 101 cm³/mol. The van der Waals surface area contributed by atoms with Crippen LogP contribution in [0, 0.1) is 5.92 Å². The van der Waals surface area contributed by atoms with E-state index in [1.54, 1.807) is 0 Å². The van der Waals surface area contributed by atoms with E-state index in [1.807, 2.05) is 64.5 Å². The van der Waals surface area contributed by atoms with Crippen LogP contribution in [0.25, 0.3) is 0 Å². The van der Waals surface area contributed by atoms with Gasteiger partial charge in [0.25, 0.3) is 13.1 Å². The van der Waals surface area contributed by atoms with Crippen molar-refractivity contribution in [1.29, 1.82) is 0 Å². The molecule has 130 valence electrons. The van der Waals surface area contributed by atoms with Crippen molar-refractivity contribution in [3.63, 3.8) is 0 Å². The topological polar surface area (TPSA) is 44.8 Å². The highest BCUT2D eigenvalue weighted by Crippen LogP contribution is 2.22. The molecule has 0 aliphatic heterocycles. The Hall–Kier alpha value is 0.185. The number of ether oxygens (including phenoxy) is 2. The highest BCUT2D eigenvalue weighted by atomic mass is 127. The highest BCUT2D eigenvalue weighted by Gasteiger charge is 2.31. The van der Waals surface area contributed by atoms with Crippen molar-refractivity contribution in [2.45, 2.75) is 84.9 Å². The van der Waals surface area contributed by atoms with Gasteiger partial charge in [0.05, 0.1) is 5.60 Å². The first-order chi connectivity index (χ1) is 9.79. The fraction of sp³-hybridized carbons (Fsp3) is 0.938. The van der Waals surface area contributed by atoms with Crippen LogP contribution >= 0.6 is 23.0 Å². The number of halogens is 1. The summed E-state index contributed by atoms with van der Waals surface area (Å²) in [5.41, 5.74) is -1.19. The minimum absolute atomic E-state index is 0.208. The van der Waals surface area contributed by atoms with Crippen molar-refractivity contribution in [2.24, 2.45) is 5.92 Å². The van der Waals surface area contributed by atoms with Gasteiger partial charge < -0.3 is 12.5 Å². The van der Waals surface area contributed by atoms with Gasteiger partial charge in [-0.15, -0.1) is 0 Å². The fourth-order valence-corrected chi connectivity index (χ4v) is 2.60. The Kier molecular flexibility index (Phi) is 8.95. The molecule has 0 amide bonds. The second-order valence-corrected chi connectivity index (χ2v) is 8.64. The Bertz CT molecular complexity index is 354. The predicted octanol–water partition coefficient (Wildman–Crippen LogP) is 4.67. The molecular formula is C16H32BIO4. The second kappa shape index (κ2) is 8.88. The molecule has 0 aromatic rings. The van der Waals surface area contributed by atoms with Crippen LogP contribution in [0.15, 0.2) is 0 Å². The average molecular weight is 426 g/mol. The Morgan fingerprint density at radius 1 is 1.09 bits per heavy atom. The van der Waals surface area contributed by atoms with E-state index in [0.717, 1.165) is 12.8 Å². The van der Waals surface area contributed by atoms with Crippen molar-refractivity contribution >= 4 is 36.2 Å². The van der Waals surface area contributed by atoms with E-state index in [2.05, 4.69) is 13.8 Å². The molecule has 0 heterocycles. The normalized spacial score (nSPS) is 13.4. The number of carbonyl (C=O) groups is 1. The third-order valence-electron chi connectivity index (χ3n) is 3.27. The molecular weight excluding hydrogens is 394 g/mol. The van der Waals surface area contributed by atoms with Crippen molar-refractivity contribution < 1.29 is 17.3 Å². The summed E-state index contributed by atoms with van der Waals surface area (Å²) in [5, 5.41) is 0. The standard InChI is InChI=1S/C16H32BIO4/c1-12(2)11-15(5,6)21-13(19)17-16(7,8)20-10-9-14(3,4)22-18/h12,17H,9-11H2,1-8H3. The minimum Gasteiger partial charge on any atom is -0.468 e. The quantitative estimate of drug-likeness (QED) is 0.376. The molecule has 0 saturated heterocycles. The molecule has 0 rings (SSSR count). The Morgan fingerprint density at radius 3 is 2.09 bits per heavy atom. The van der Waals surface area contributed by atoms with Crippen molar-refractivity contribution in [1.82, 2.24) is 0 Å². The first kappa shape index (κ1) is 22.2. The van der Waals surface area contributed by atoms with E-state index in [0.29, 0.717) is 12.5 Å². The van der Waals surface area contributed by atoms with Crippen LogP contribution in [0.2, 0.25) is 0 Å². The lowest BCUT2D eigenvalue weighted by Gasteiger charge is -2.30. The van der Waals surface area contributed by atoms with Crippen LogP contribution < -0.4 is 0 Å². The van der Waals surface area contributed by atoms with Crippen LogP contribution in [0.3, 0.4) is 0 Å². The summed E-state index contributed by atoms with van der Waals surface area (Å²) in [7, 11) is 0.250. The lowest BCUT2D eigenvalue weighted by molar-refractivity contribution is 0.0100. The molecule has 4 nitrogen and oxygen atoms in total. The van der Waals surface area contributed by atoms with E-state index in [9.17, 15) is 4.79 Å². The summed E-state index contributed by atoms with van der Waals surface area (Å²) in [6.07, 6.45) is 1.62. The van der Waals surface area contributed by atoms with Crippen LogP contribution in [-0.4, -0.2) is 36.5 Å². The molecule has 0 aromatic carbocycles. The highest BCUT2D eigenvalue weighted by molar-refractivity contribution is 14.1. The van der Waals surface area contributed by atoms with Gasteiger partial charge in [0.15, 0.2) is 0 Å². The van der Waals surface area contributed by atoms with Crippen LogP contribution in [0.5, 0.6) is 0 Å². The molecule has 22 heavy (non-hydrogen) atoms. The summed E-state index contributed by atoms with van der Waals surface area (Å²) in [6, 6.07) is 0. The molecule has 0 N–H and O–H groups in total. The zero-order valence-electron chi connectivity index (χ0n) is 15.4. The van der Waals surface area contributed by atoms with Crippen LogP contribution in [0.1, 0.15) is 68.2 Å². The van der Waals surface area contributed by atoms with Crippen molar-refractivity contribution in [3.8, 4) is 0 Å². The summed E-state index contributed by atoms with van der Waals surface area (Å²) in [5.74, 6) is 0.280. The van der Waals surface area contributed by atoms with Gasteiger partial charge in [0.1, 0.15) is 28.6 Å². The van der Waals surface area contributed by atoms with E-state index in [4.69, 9.17) is 12.5 Å². The number of rotatable bonds is 10. The van der Waals surface area contributed by atoms with Gasteiger partial charge in [-0.1, -0.05) is 13.8 Å². The average Bonchev–Trinajstić information content (AvgIpc) is 2.24. The second-order valence-electron chi connectivity index (χ2n) is 8.20. The van der Waals surface area contributed by atoms with E-state index in [1.165, 1.54) is 0 Å². The maximum Gasteiger partial charge on any atom is 0.296 e. The zero-order valence-corrected chi connectivity index (χ0v) is 17.6. The van der Waals surface area contributed by atoms with Gasteiger partial charge in [-0.2, -0.15) is 0 Å². The van der Waals surface area contributed by atoms with Gasteiger partial charge >= 0.3 is 0 Å². The molecule has 0 saturated carbocycles. The summed E-state index contributed by atoms with van der Waals surface area (Å²) >= 11 is 1.91. The molecule has 0 unspecified atom stereocenters. The Morgan fingerprint density at radius 2 is 1.64 bits per heavy atom. The molecule has 0 aliphatic rings. The summed E-state index contributed by atoms with van der Waals surface area (Å²) < 4.78 is 16.8. The molecule has 0 aromatic heterocycles. The third-order valence-corrected chi connectivity index (χ3v) is 4.46. The van der Waals surface area contributed by atoms with Gasteiger partial charge in [-0.05, 0) is 53.9 Å². The minimum atomic E-state index is -0.535. The third kappa shape index (κ3) is 10.8. The largest absolute Gasteiger partial charge is 0.468 e. The molecule has 0 bridgehead atoms. The van der Waals surface area contributed by atoms with Gasteiger partial charge in [0, 0.05) is 18.5 Å². The lowest BCUT2D eigenvalue weighted by atomic mass is 9.62. The first-order valence-electron chi connectivity index (χ1n) is 7.94. The number of carbonyl (C=O) groups excluding carboxylic acids is 1. The summed E-state index contributed by atoms with van der Waals surface area (Å²) in [4.78, 5) is 12.1. The van der Waals surface area contributed by atoms with Crippen LogP contribution in [0.4, 0.5) is 4.79 Å². The van der Waals surface area contributed by atoms with Crippen molar-refractivity contribution in [3.05, 3.63) is 0 Å². The van der Waals surface area contributed by atoms with E-state index >= 15 is 0 Å². The first-order valence-corrected chi connectivity index (χ1v) is 8.82. The lowest BCUT2D eigenvalue weighted by Crippen LogP contribution is -2.42. The molecule has 0 atom stereocenters. The van der Waals surface area contributed by atoms with E-state index < -0.39 is 11.1 Å². The van der Waals surface area contributed by atoms with Gasteiger partial charge in [-0.3, -0.25) is 4.79 Å². The summed E-state index contributed by atoms with van der Waals surface area (Å²) in [6.45, 7) is 16.6. The molecule has 0 spiro atoms. The molecule has 6 heteroatoms. The SMILES string of the molecule is CC(C)CC(C)(C)OC(=O)BC(C)(C)OCCC(C)(C)OI. The molecule has 0 aliphatic carbocycles. The monoisotopic (exact) mass is 426 g/mol. The maximum atomic E-state index is 12.1. The van der Waals surface area contributed by atoms with Gasteiger partial charge in [-0.25, -0.2) is 0 Å². The fourth-order valence-electron chi connectivity index (χ4n) is 2.38.